The van der Waals surface area contributed by atoms with E-state index in [4.69, 9.17) is 4.42 Å². The molecule has 0 spiro atoms. The lowest BCUT2D eigenvalue weighted by molar-refractivity contribution is -0.115. The number of hydrogen-bond acceptors (Lipinski definition) is 7. The maximum atomic E-state index is 13.4. The molecule has 3 heterocycles. The first-order valence-corrected chi connectivity index (χ1v) is 10.5. The van der Waals surface area contributed by atoms with Gasteiger partial charge in [-0.15, -0.1) is 21.5 Å². The lowest BCUT2D eigenvalue weighted by Crippen LogP contribution is -2.22. The zero-order chi connectivity index (χ0) is 21.1. The summed E-state index contributed by atoms with van der Waals surface area (Å²) < 4.78 is 33.6. The van der Waals surface area contributed by atoms with Crippen molar-refractivity contribution >= 4 is 34.1 Å². The monoisotopic (exact) mass is 447 g/mol. The van der Waals surface area contributed by atoms with Crippen LogP contribution in [0.4, 0.5) is 13.9 Å². The van der Waals surface area contributed by atoms with Gasteiger partial charge in [0.05, 0.1) is 23.8 Å². The highest BCUT2D eigenvalue weighted by Crippen LogP contribution is 2.28. The van der Waals surface area contributed by atoms with Crippen LogP contribution in [0.15, 0.2) is 57.9 Å². The highest BCUT2D eigenvalue weighted by Gasteiger charge is 2.20. The Morgan fingerprint density at radius 3 is 2.97 bits per heavy atom. The van der Waals surface area contributed by atoms with Crippen LogP contribution in [0, 0.1) is 11.6 Å². The van der Waals surface area contributed by atoms with Crippen LogP contribution in [-0.4, -0.2) is 30.9 Å². The standard InChI is InChI=1S/C19H15F2N5O2S2/c1-11(30-19-25-22-10-26(19)8-13-3-2-6-28-13)17(27)24-18-23-16(9-29-18)12-4-5-14(20)15(21)7-12/h2-7,9-11H,8H2,1H3,(H,23,24,27). The van der Waals surface area contributed by atoms with Gasteiger partial charge in [-0.3, -0.25) is 4.79 Å². The number of nitrogens with one attached hydrogen (secondary N) is 1. The van der Waals surface area contributed by atoms with Crippen LogP contribution < -0.4 is 5.32 Å². The number of carbonyl (C=O) groups excluding carboxylic acids is 1. The van der Waals surface area contributed by atoms with Crippen molar-refractivity contribution in [1.29, 1.82) is 0 Å². The second kappa shape index (κ2) is 8.76. The number of halogens is 2. The van der Waals surface area contributed by atoms with E-state index in [0.29, 0.717) is 28.1 Å². The van der Waals surface area contributed by atoms with Gasteiger partial charge in [0.15, 0.2) is 21.9 Å². The van der Waals surface area contributed by atoms with E-state index in [9.17, 15) is 13.6 Å². The Morgan fingerprint density at radius 2 is 2.20 bits per heavy atom. The first kappa shape index (κ1) is 20.2. The fraction of sp³-hybridized carbons (Fsp3) is 0.158. The summed E-state index contributed by atoms with van der Waals surface area (Å²) in [5.41, 5.74) is 0.881. The van der Waals surface area contributed by atoms with Crippen molar-refractivity contribution in [3.8, 4) is 11.3 Å². The highest BCUT2D eigenvalue weighted by atomic mass is 32.2. The molecule has 1 aromatic carbocycles. The number of carbonyl (C=O) groups is 1. The first-order chi connectivity index (χ1) is 14.5. The second-order valence-corrected chi connectivity index (χ2v) is 8.40. The summed E-state index contributed by atoms with van der Waals surface area (Å²) in [5.74, 6) is -1.39. The van der Waals surface area contributed by atoms with Crippen LogP contribution in [0.3, 0.4) is 0 Å². The van der Waals surface area contributed by atoms with Gasteiger partial charge in [-0.25, -0.2) is 13.8 Å². The van der Waals surface area contributed by atoms with E-state index >= 15 is 0 Å². The van der Waals surface area contributed by atoms with Crippen molar-refractivity contribution in [3.05, 3.63) is 65.7 Å². The lowest BCUT2D eigenvalue weighted by Gasteiger charge is -2.10. The van der Waals surface area contributed by atoms with Crippen LogP contribution in [0.25, 0.3) is 11.3 Å². The topological polar surface area (TPSA) is 85.8 Å². The molecule has 0 aliphatic carbocycles. The molecule has 0 radical (unpaired) electrons. The number of thioether (sulfide) groups is 1. The zero-order valence-electron chi connectivity index (χ0n) is 15.6. The molecule has 1 atom stereocenters. The lowest BCUT2D eigenvalue weighted by atomic mass is 10.2. The smallest absolute Gasteiger partial charge is 0.239 e. The predicted molar refractivity (Wildman–Crippen MR) is 109 cm³/mol. The van der Waals surface area contributed by atoms with E-state index in [2.05, 4.69) is 20.5 Å². The predicted octanol–water partition coefficient (Wildman–Crippen LogP) is 4.44. The average Bonchev–Trinajstić information content (AvgIpc) is 3.48. The maximum Gasteiger partial charge on any atom is 0.239 e. The second-order valence-electron chi connectivity index (χ2n) is 6.24. The Bertz CT molecular complexity index is 1160. The Labute approximate surface area is 178 Å². The first-order valence-electron chi connectivity index (χ1n) is 8.78. The molecule has 0 saturated carbocycles. The van der Waals surface area contributed by atoms with Gasteiger partial charge < -0.3 is 14.3 Å². The number of amides is 1. The highest BCUT2D eigenvalue weighted by molar-refractivity contribution is 8.00. The molecule has 30 heavy (non-hydrogen) atoms. The molecular formula is C19H15F2N5O2S2. The summed E-state index contributed by atoms with van der Waals surface area (Å²) in [6.45, 7) is 2.20. The van der Waals surface area contributed by atoms with Crippen LogP contribution in [0.2, 0.25) is 0 Å². The van der Waals surface area contributed by atoms with E-state index in [1.165, 1.54) is 29.2 Å². The van der Waals surface area contributed by atoms with Crippen molar-refractivity contribution in [2.45, 2.75) is 23.9 Å². The molecule has 1 N–H and O–H groups in total. The van der Waals surface area contributed by atoms with Gasteiger partial charge >= 0.3 is 0 Å². The van der Waals surface area contributed by atoms with Crippen molar-refractivity contribution in [2.24, 2.45) is 0 Å². The summed E-state index contributed by atoms with van der Waals surface area (Å²) >= 11 is 2.45. The molecule has 0 aliphatic heterocycles. The Hall–Kier alpha value is -3.05. The Kier molecular flexibility index (Phi) is 5.91. The molecule has 0 saturated heterocycles. The molecule has 11 heteroatoms. The number of benzene rings is 1. The minimum absolute atomic E-state index is 0.265. The Morgan fingerprint density at radius 1 is 1.33 bits per heavy atom. The van der Waals surface area contributed by atoms with Crippen LogP contribution in [0.1, 0.15) is 12.7 Å². The maximum absolute atomic E-state index is 13.4. The zero-order valence-corrected chi connectivity index (χ0v) is 17.2. The molecule has 0 bridgehead atoms. The summed E-state index contributed by atoms with van der Waals surface area (Å²) in [6, 6.07) is 7.19. The fourth-order valence-corrected chi connectivity index (χ4v) is 4.10. The number of anilines is 1. The van der Waals surface area contributed by atoms with E-state index in [1.54, 1.807) is 35.5 Å². The summed E-state index contributed by atoms with van der Waals surface area (Å²) in [7, 11) is 0. The number of rotatable bonds is 7. The molecule has 0 aliphatic rings. The van der Waals surface area contributed by atoms with E-state index < -0.39 is 16.9 Å². The van der Waals surface area contributed by atoms with Crippen LogP contribution >= 0.6 is 23.1 Å². The molecule has 154 valence electrons. The molecule has 3 aromatic heterocycles. The number of hydrogen-bond donors (Lipinski definition) is 1. The summed E-state index contributed by atoms with van der Waals surface area (Å²) in [5, 5.41) is 12.8. The third kappa shape index (κ3) is 4.57. The molecular weight excluding hydrogens is 432 g/mol. The van der Waals surface area contributed by atoms with Gasteiger partial charge in [0.1, 0.15) is 12.1 Å². The normalized spacial score (nSPS) is 12.1. The van der Waals surface area contributed by atoms with Gasteiger partial charge in [-0.1, -0.05) is 11.8 Å². The quantitative estimate of drug-likeness (QED) is 0.422. The molecule has 4 aromatic rings. The largest absolute Gasteiger partial charge is 0.467 e. The van der Waals surface area contributed by atoms with Gasteiger partial charge in [0.25, 0.3) is 0 Å². The van der Waals surface area contributed by atoms with Crippen molar-refractivity contribution in [1.82, 2.24) is 19.7 Å². The SMILES string of the molecule is CC(Sc1nncn1Cc1ccco1)C(=O)Nc1nc(-c2ccc(F)c(F)c2)cs1. The minimum Gasteiger partial charge on any atom is -0.467 e. The molecule has 0 fully saturated rings. The van der Waals surface area contributed by atoms with E-state index in [0.717, 1.165) is 17.9 Å². The number of aromatic nitrogens is 4. The van der Waals surface area contributed by atoms with Crippen molar-refractivity contribution < 1.29 is 18.0 Å². The molecule has 4 rings (SSSR count). The third-order valence-corrected chi connectivity index (χ3v) is 5.94. The van der Waals surface area contributed by atoms with Gasteiger partial charge in [0.2, 0.25) is 5.91 Å². The van der Waals surface area contributed by atoms with E-state index in [-0.39, 0.29) is 5.91 Å². The minimum atomic E-state index is -0.949. The summed E-state index contributed by atoms with van der Waals surface area (Å²) in [6.07, 6.45) is 3.16. The van der Waals surface area contributed by atoms with Gasteiger partial charge in [-0.2, -0.15) is 0 Å². The number of nitrogens with zero attached hydrogens (tertiary/aromatic N) is 4. The fourth-order valence-electron chi connectivity index (χ4n) is 2.55. The van der Waals surface area contributed by atoms with E-state index in [1.807, 2.05) is 6.07 Å². The van der Waals surface area contributed by atoms with Crippen LogP contribution in [0.5, 0.6) is 0 Å². The molecule has 1 amide bonds. The van der Waals surface area contributed by atoms with Crippen LogP contribution in [-0.2, 0) is 11.3 Å². The number of furan rings is 1. The van der Waals surface area contributed by atoms with Crippen molar-refractivity contribution in [2.75, 3.05) is 5.32 Å². The molecule has 7 nitrogen and oxygen atoms in total. The van der Waals surface area contributed by atoms with Crippen molar-refractivity contribution in [3.63, 3.8) is 0 Å². The third-order valence-electron chi connectivity index (χ3n) is 4.09. The summed E-state index contributed by atoms with van der Waals surface area (Å²) in [4.78, 5) is 16.8. The molecule has 1 unspecified atom stereocenters. The Balaban J connectivity index is 1.39. The van der Waals surface area contributed by atoms with Gasteiger partial charge in [-0.05, 0) is 37.3 Å². The average molecular weight is 447 g/mol. The van der Waals surface area contributed by atoms with Gasteiger partial charge in [0, 0.05) is 10.9 Å². The number of thiazole rings is 1.